The molecule has 1 aromatic carbocycles. The van der Waals surface area contributed by atoms with E-state index in [1.807, 2.05) is 0 Å². The van der Waals surface area contributed by atoms with Gasteiger partial charge in [0.2, 0.25) is 0 Å². The number of aromatic nitrogens is 1. The van der Waals surface area contributed by atoms with Crippen molar-refractivity contribution in [1.29, 1.82) is 0 Å². The van der Waals surface area contributed by atoms with Crippen LogP contribution in [0.5, 0.6) is 0 Å². The van der Waals surface area contributed by atoms with Gasteiger partial charge in [-0.3, -0.25) is 0 Å². The predicted octanol–water partition coefficient (Wildman–Crippen LogP) is 4.86. The Labute approximate surface area is 116 Å². The highest BCUT2D eigenvalue weighted by Crippen LogP contribution is 2.35. The summed E-state index contributed by atoms with van der Waals surface area (Å²) in [4.78, 5) is 4.24. The Kier molecular flexibility index (Phi) is 4.47. The molecule has 0 radical (unpaired) electrons. The summed E-state index contributed by atoms with van der Waals surface area (Å²) in [5.74, 6) is 0.284. The lowest BCUT2D eigenvalue weighted by Gasteiger charge is -2.13. The Balaban J connectivity index is 2.32. The molecule has 1 aromatic heterocycles. The number of nitrogens with zero attached hydrogens (tertiary/aromatic N) is 1. The molecule has 0 amide bonds. The van der Waals surface area contributed by atoms with Gasteiger partial charge in [-0.05, 0) is 18.6 Å². The van der Waals surface area contributed by atoms with Gasteiger partial charge >= 0.3 is 6.18 Å². The molecule has 0 saturated carbocycles. The van der Waals surface area contributed by atoms with Gasteiger partial charge in [-0.1, -0.05) is 38.0 Å². The zero-order valence-electron chi connectivity index (χ0n) is 11.3. The first kappa shape index (κ1) is 14.6. The third-order valence-corrected chi connectivity index (χ3v) is 3.11. The zero-order chi connectivity index (χ0) is 14.6. The summed E-state index contributed by atoms with van der Waals surface area (Å²) in [7, 11) is 0. The molecule has 1 heterocycles. The topological polar surface area (TPSA) is 24.9 Å². The van der Waals surface area contributed by atoms with E-state index in [1.165, 1.54) is 6.07 Å². The zero-order valence-corrected chi connectivity index (χ0v) is 11.3. The van der Waals surface area contributed by atoms with Gasteiger partial charge in [-0.2, -0.15) is 13.2 Å². The van der Waals surface area contributed by atoms with Gasteiger partial charge < -0.3 is 5.32 Å². The fourth-order valence-electron chi connectivity index (χ4n) is 2.09. The number of rotatable bonds is 5. The van der Waals surface area contributed by atoms with Crippen LogP contribution in [-0.2, 0) is 6.18 Å². The molecule has 0 atom stereocenters. The summed E-state index contributed by atoms with van der Waals surface area (Å²) >= 11 is 0. The minimum absolute atomic E-state index is 0.138. The van der Waals surface area contributed by atoms with E-state index in [0.29, 0.717) is 12.1 Å². The molecule has 0 saturated heterocycles. The first-order valence-corrected chi connectivity index (χ1v) is 6.73. The Morgan fingerprint density at radius 1 is 1.15 bits per heavy atom. The Hall–Kier alpha value is -1.78. The van der Waals surface area contributed by atoms with Gasteiger partial charge in [-0.25, -0.2) is 4.98 Å². The molecular weight excluding hydrogens is 265 g/mol. The van der Waals surface area contributed by atoms with Crippen molar-refractivity contribution in [3.8, 4) is 0 Å². The van der Waals surface area contributed by atoms with E-state index in [0.717, 1.165) is 25.3 Å². The quantitative estimate of drug-likeness (QED) is 0.792. The first-order valence-electron chi connectivity index (χ1n) is 6.73. The van der Waals surface area contributed by atoms with Crippen LogP contribution in [-0.4, -0.2) is 11.5 Å². The molecule has 108 valence electrons. The van der Waals surface area contributed by atoms with Crippen LogP contribution >= 0.6 is 0 Å². The third kappa shape index (κ3) is 3.40. The van der Waals surface area contributed by atoms with Gasteiger partial charge in [0.25, 0.3) is 0 Å². The molecule has 2 nitrogen and oxygen atoms in total. The second-order valence-electron chi connectivity index (χ2n) is 4.70. The van der Waals surface area contributed by atoms with E-state index in [1.54, 1.807) is 18.2 Å². The van der Waals surface area contributed by atoms with Crippen molar-refractivity contribution in [3.05, 3.63) is 35.9 Å². The Morgan fingerprint density at radius 3 is 2.60 bits per heavy atom. The Morgan fingerprint density at radius 2 is 1.90 bits per heavy atom. The van der Waals surface area contributed by atoms with E-state index in [4.69, 9.17) is 0 Å². The van der Waals surface area contributed by atoms with Crippen molar-refractivity contribution < 1.29 is 13.2 Å². The van der Waals surface area contributed by atoms with Gasteiger partial charge in [-0.15, -0.1) is 0 Å². The molecule has 0 spiro atoms. The fraction of sp³-hybridized carbons (Fsp3) is 0.400. The summed E-state index contributed by atoms with van der Waals surface area (Å²) in [6.45, 7) is 2.71. The number of para-hydroxylation sites is 1. The molecule has 20 heavy (non-hydrogen) atoms. The Bertz CT molecular complexity index is 579. The van der Waals surface area contributed by atoms with Gasteiger partial charge in [0.05, 0.1) is 11.1 Å². The second-order valence-corrected chi connectivity index (χ2v) is 4.70. The first-order chi connectivity index (χ1) is 9.52. The molecular formula is C15H17F3N2. The van der Waals surface area contributed by atoms with Crippen molar-refractivity contribution in [1.82, 2.24) is 4.98 Å². The molecule has 0 bridgehead atoms. The molecule has 5 heteroatoms. The highest BCUT2D eigenvalue weighted by atomic mass is 19.4. The normalized spacial score (nSPS) is 11.8. The standard InChI is InChI=1S/C15H17F3N2/c1-2-3-6-9-19-14-10-12(15(16,17)18)11-7-4-5-8-13(11)20-14/h4-5,7-8,10H,2-3,6,9H2,1H3,(H,19,20). The lowest BCUT2D eigenvalue weighted by atomic mass is 10.1. The summed E-state index contributed by atoms with van der Waals surface area (Å²) in [5, 5.41) is 3.11. The van der Waals surface area contributed by atoms with Crippen molar-refractivity contribution in [3.63, 3.8) is 0 Å². The number of fused-ring (bicyclic) bond motifs is 1. The average molecular weight is 282 g/mol. The van der Waals surface area contributed by atoms with Crippen molar-refractivity contribution in [2.45, 2.75) is 32.4 Å². The molecule has 2 aromatic rings. The molecule has 0 unspecified atom stereocenters. The number of pyridine rings is 1. The van der Waals surface area contributed by atoms with Crippen LogP contribution in [0.2, 0.25) is 0 Å². The second kappa shape index (κ2) is 6.11. The number of benzene rings is 1. The number of hydrogen-bond donors (Lipinski definition) is 1. The summed E-state index contributed by atoms with van der Waals surface area (Å²) in [5.41, 5.74) is -0.276. The molecule has 2 rings (SSSR count). The van der Waals surface area contributed by atoms with Gasteiger partial charge in [0.1, 0.15) is 5.82 Å². The largest absolute Gasteiger partial charge is 0.417 e. The number of halogens is 3. The maximum absolute atomic E-state index is 13.1. The van der Waals surface area contributed by atoms with E-state index in [2.05, 4.69) is 17.2 Å². The van der Waals surface area contributed by atoms with Gasteiger partial charge in [0, 0.05) is 11.9 Å². The summed E-state index contributed by atoms with van der Waals surface area (Å²) in [6, 6.07) is 7.42. The molecule has 0 fully saturated rings. The number of unbranched alkanes of at least 4 members (excludes halogenated alkanes) is 2. The monoisotopic (exact) mass is 282 g/mol. The third-order valence-electron chi connectivity index (χ3n) is 3.11. The van der Waals surface area contributed by atoms with E-state index in [9.17, 15) is 13.2 Å². The number of anilines is 1. The van der Waals surface area contributed by atoms with E-state index < -0.39 is 11.7 Å². The fourth-order valence-corrected chi connectivity index (χ4v) is 2.09. The van der Waals surface area contributed by atoms with Crippen molar-refractivity contribution >= 4 is 16.7 Å². The summed E-state index contributed by atoms with van der Waals surface area (Å²) in [6.07, 6.45) is -1.33. The van der Waals surface area contributed by atoms with Crippen molar-refractivity contribution in [2.75, 3.05) is 11.9 Å². The lowest BCUT2D eigenvalue weighted by Crippen LogP contribution is -2.10. The van der Waals surface area contributed by atoms with Gasteiger partial charge in [0.15, 0.2) is 0 Å². The SMILES string of the molecule is CCCCCNc1cc(C(F)(F)F)c2ccccc2n1. The molecule has 0 aliphatic rings. The van der Waals surface area contributed by atoms with Crippen LogP contribution in [0.3, 0.4) is 0 Å². The molecule has 0 aliphatic heterocycles. The number of nitrogens with one attached hydrogen (secondary N) is 1. The van der Waals surface area contributed by atoms with Crippen LogP contribution in [0.1, 0.15) is 31.7 Å². The van der Waals surface area contributed by atoms with E-state index in [-0.39, 0.29) is 11.2 Å². The maximum Gasteiger partial charge on any atom is 0.417 e. The van der Waals surface area contributed by atoms with Crippen LogP contribution < -0.4 is 5.32 Å². The predicted molar refractivity (Wildman–Crippen MR) is 74.8 cm³/mol. The van der Waals surface area contributed by atoms with Crippen LogP contribution in [0.4, 0.5) is 19.0 Å². The van der Waals surface area contributed by atoms with E-state index >= 15 is 0 Å². The van der Waals surface area contributed by atoms with Crippen LogP contribution in [0.25, 0.3) is 10.9 Å². The smallest absolute Gasteiger partial charge is 0.370 e. The number of hydrogen-bond acceptors (Lipinski definition) is 2. The van der Waals surface area contributed by atoms with Crippen molar-refractivity contribution in [2.24, 2.45) is 0 Å². The van der Waals surface area contributed by atoms with Crippen LogP contribution in [0.15, 0.2) is 30.3 Å². The lowest BCUT2D eigenvalue weighted by molar-refractivity contribution is -0.136. The highest BCUT2D eigenvalue weighted by Gasteiger charge is 2.33. The highest BCUT2D eigenvalue weighted by molar-refractivity contribution is 5.84. The number of alkyl halides is 3. The summed E-state index contributed by atoms with van der Waals surface area (Å²) < 4.78 is 39.3. The average Bonchev–Trinajstić information content (AvgIpc) is 2.42. The minimum atomic E-state index is -4.37. The minimum Gasteiger partial charge on any atom is -0.370 e. The molecule has 0 aliphatic carbocycles. The van der Waals surface area contributed by atoms with Crippen LogP contribution in [0, 0.1) is 0 Å². The maximum atomic E-state index is 13.1. The molecule has 1 N–H and O–H groups in total.